The number of rotatable bonds is 9. The standard InChI is InChI=1S/C18H22FN3O4S/c1-3-26-17(23)15-12-27-16(21-15)11-22(8-5-9-25-2)18(24)20-14-7-4-6-13(19)10-14/h4,6-7,10,12H,3,5,8-9,11H2,1-2H3,(H,20,24). The molecule has 0 atom stereocenters. The maximum atomic E-state index is 13.3. The van der Waals surface area contributed by atoms with Gasteiger partial charge in [0.25, 0.3) is 0 Å². The van der Waals surface area contributed by atoms with E-state index in [-0.39, 0.29) is 24.9 Å². The fourth-order valence-electron chi connectivity index (χ4n) is 2.27. The van der Waals surface area contributed by atoms with Gasteiger partial charge in [-0.25, -0.2) is 19.0 Å². The van der Waals surface area contributed by atoms with Crippen molar-refractivity contribution in [1.29, 1.82) is 0 Å². The highest BCUT2D eigenvalue weighted by Crippen LogP contribution is 2.16. The molecule has 0 unspecified atom stereocenters. The Kier molecular flexibility index (Phi) is 8.15. The molecule has 0 radical (unpaired) electrons. The number of anilines is 1. The molecule has 1 aromatic carbocycles. The molecule has 0 bridgehead atoms. The van der Waals surface area contributed by atoms with Gasteiger partial charge in [-0.15, -0.1) is 11.3 Å². The van der Waals surface area contributed by atoms with E-state index in [1.54, 1.807) is 25.5 Å². The minimum Gasteiger partial charge on any atom is -0.461 e. The predicted octanol–water partition coefficient (Wildman–Crippen LogP) is 3.53. The monoisotopic (exact) mass is 395 g/mol. The quantitative estimate of drug-likeness (QED) is 0.519. The van der Waals surface area contributed by atoms with Crippen molar-refractivity contribution in [1.82, 2.24) is 9.88 Å². The summed E-state index contributed by atoms with van der Waals surface area (Å²) in [4.78, 5) is 30.1. The average Bonchev–Trinajstić information content (AvgIpc) is 3.10. The molecule has 2 aromatic rings. The number of nitrogens with one attached hydrogen (secondary N) is 1. The van der Waals surface area contributed by atoms with Crippen LogP contribution in [0.1, 0.15) is 28.8 Å². The average molecular weight is 395 g/mol. The zero-order valence-electron chi connectivity index (χ0n) is 15.2. The van der Waals surface area contributed by atoms with Crippen molar-refractivity contribution in [2.75, 3.05) is 32.2 Å². The summed E-state index contributed by atoms with van der Waals surface area (Å²) in [5, 5.41) is 4.88. The highest BCUT2D eigenvalue weighted by molar-refractivity contribution is 7.09. The molecule has 9 heteroatoms. The molecule has 0 saturated carbocycles. The number of carbonyl (C=O) groups is 2. The van der Waals surface area contributed by atoms with Crippen LogP contribution in [0.2, 0.25) is 0 Å². The Labute approximate surface area is 161 Å². The van der Waals surface area contributed by atoms with Gasteiger partial charge in [-0.3, -0.25) is 0 Å². The lowest BCUT2D eigenvalue weighted by molar-refractivity contribution is 0.0520. The Morgan fingerprint density at radius 3 is 2.89 bits per heavy atom. The van der Waals surface area contributed by atoms with E-state index < -0.39 is 11.8 Å². The minimum absolute atomic E-state index is 0.217. The highest BCUT2D eigenvalue weighted by atomic mass is 32.1. The lowest BCUT2D eigenvalue weighted by atomic mass is 10.3. The van der Waals surface area contributed by atoms with Crippen molar-refractivity contribution in [2.45, 2.75) is 19.9 Å². The van der Waals surface area contributed by atoms with Crippen LogP contribution >= 0.6 is 11.3 Å². The van der Waals surface area contributed by atoms with Crippen molar-refractivity contribution < 1.29 is 23.5 Å². The van der Waals surface area contributed by atoms with Gasteiger partial charge in [0.1, 0.15) is 10.8 Å². The molecular weight excluding hydrogens is 373 g/mol. The molecule has 2 rings (SSSR count). The number of hydrogen-bond acceptors (Lipinski definition) is 6. The molecule has 0 aliphatic rings. The SMILES string of the molecule is CCOC(=O)c1csc(CN(CCCOC)C(=O)Nc2cccc(F)c2)n1. The first-order valence-corrected chi connectivity index (χ1v) is 9.33. The molecule has 1 heterocycles. The van der Waals surface area contributed by atoms with Gasteiger partial charge >= 0.3 is 12.0 Å². The number of thiazole rings is 1. The molecule has 7 nitrogen and oxygen atoms in total. The van der Waals surface area contributed by atoms with Crippen LogP contribution in [0.15, 0.2) is 29.6 Å². The zero-order valence-corrected chi connectivity index (χ0v) is 16.1. The van der Waals surface area contributed by atoms with Crippen LogP contribution in [-0.4, -0.2) is 48.8 Å². The van der Waals surface area contributed by atoms with Gasteiger partial charge in [0.15, 0.2) is 5.69 Å². The number of nitrogens with zero attached hydrogens (tertiary/aromatic N) is 2. The molecular formula is C18H22FN3O4S. The number of amides is 2. The van der Waals surface area contributed by atoms with Gasteiger partial charge < -0.3 is 19.7 Å². The van der Waals surface area contributed by atoms with E-state index in [0.717, 1.165) is 0 Å². The van der Waals surface area contributed by atoms with Gasteiger partial charge in [0, 0.05) is 31.3 Å². The van der Waals surface area contributed by atoms with Crippen LogP contribution in [0.5, 0.6) is 0 Å². The minimum atomic E-state index is -0.491. The van der Waals surface area contributed by atoms with E-state index in [1.807, 2.05) is 0 Å². The highest BCUT2D eigenvalue weighted by Gasteiger charge is 2.18. The van der Waals surface area contributed by atoms with E-state index in [9.17, 15) is 14.0 Å². The van der Waals surface area contributed by atoms with Gasteiger partial charge in [-0.1, -0.05) is 6.07 Å². The normalized spacial score (nSPS) is 10.5. The number of methoxy groups -OCH3 is 1. The second-order valence-electron chi connectivity index (χ2n) is 5.56. The first-order valence-electron chi connectivity index (χ1n) is 8.45. The topological polar surface area (TPSA) is 80.8 Å². The Balaban J connectivity index is 2.06. The molecule has 0 saturated heterocycles. The van der Waals surface area contributed by atoms with Crippen LogP contribution in [-0.2, 0) is 16.0 Å². The number of ether oxygens (including phenoxy) is 2. The van der Waals surface area contributed by atoms with Crippen LogP contribution in [0.25, 0.3) is 0 Å². The number of carbonyl (C=O) groups excluding carboxylic acids is 2. The largest absolute Gasteiger partial charge is 0.461 e. The lowest BCUT2D eigenvalue weighted by Crippen LogP contribution is -2.35. The molecule has 0 aliphatic carbocycles. The Morgan fingerprint density at radius 2 is 2.19 bits per heavy atom. The molecule has 1 aromatic heterocycles. The maximum Gasteiger partial charge on any atom is 0.357 e. The Bertz CT molecular complexity index is 769. The third-order valence-electron chi connectivity index (χ3n) is 3.50. The fourth-order valence-corrected chi connectivity index (χ4v) is 3.04. The summed E-state index contributed by atoms with van der Waals surface area (Å²) in [7, 11) is 1.59. The number of esters is 1. The molecule has 1 N–H and O–H groups in total. The van der Waals surface area contributed by atoms with Crippen molar-refractivity contribution in [3.63, 3.8) is 0 Å². The lowest BCUT2D eigenvalue weighted by Gasteiger charge is -2.22. The number of aromatic nitrogens is 1. The smallest absolute Gasteiger partial charge is 0.357 e. The van der Waals surface area contributed by atoms with Crippen LogP contribution < -0.4 is 5.32 Å². The number of halogens is 1. The summed E-state index contributed by atoms with van der Waals surface area (Å²) >= 11 is 1.27. The third-order valence-corrected chi connectivity index (χ3v) is 4.34. The summed E-state index contributed by atoms with van der Waals surface area (Å²) in [6.45, 7) is 3.12. The number of hydrogen-bond donors (Lipinski definition) is 1. The summed E-state index contributed by atoms with van der Waals surface area (Å²) in [6, 6.07) is 5.29. The van der Waals surface area contributed by atoms with Crippen molar-refractivity contribution in [3.05, 3.63) is 46.2 Å². The van der Waals surface area contributed by atoms with E-state index in [0.29, 0.717) is 30.3 Å². The van der Waals surface area contributed by atoms with E-state index in [4.69, 9.17) is 9.47 Å². The van der Waals surface area contributed by atoms with Gasteiger partial charge in [0.2, 0.25) is 0 Å². The molecule has 0 spiro atoms. The van der Waals surface area contributed by atoms with Gasteiger partial charge in [0.05, 0.1) is 13.2 Å². The Hall–Kier alpha value is -2.52. The summed E-state index contributed by atoms with van der Waals surface area (Å²) in [5.74, 6) is -0.923. The van der Waals surface area contributed by atoms with E-state index >= 15 is 0 Å². The number of urea groups is 1. The van der Waals surface area contributed by atoms with Crippen LogP contribution in [0.4, 0.5) is 14.9 Å². The number of benzene rings is 1. The van der Waals surface area contributed by atoms with E-state index in [2.05, 4.69) is 10.3 Å². The third kappa shape index (κ3) is 6.61. The molecule has 146 valence electrons. The van der Waals surface area contributed by atoms with Crippen molar-refractivity contribution >= 4 is 29.0 Å². The molecule has 2 amide bonds. The second-order valence-corrected chi connectivity index (χ2v) is 6.50. The van der Waals surface area contributed by atoms with Crippen LogP contribution in [0, 0.1) is 5.82 Å². The van der Waals surface area contributed by atoms with Gasteiger partial charge in [-0.05, 0) is 31.5 Å². The maximum absolute atomic E-state index is 13.3. The first kappa shape index (κ1) is 20.8. The van der Waals surface area contributed by atoms with Crippen molar-refractivity contribution in [3.8, 4) is 0 Å². The predicted molar refractivity (Wildman–Crippen MR) is 100 cm³/mol. The summed E-state index contributed by atoms with van der Waals surface area (Å²) in [5.41, 5.74) is 0.585. The van der Waals surface area contributed by atoms with E-state index in [1.165, 1.54) is 34.4 Å². The first-order chi connectivity index (χ1) is 13.0. The molecule has 0 fully saturated rings. The second kappa shape index (κ2) is 10.6. The fraction of sp³-hybridized carbons (Fsp3) is 0.389. The van der Waals surface area contributed by atoms with Crippen LogP contribution in [0.3, 0.4) is 0 Å². The Morgan fingerprint density at radius 1 is 1.37 bits per heavy atom. The summed E-state index contributed by atoms with van der Waals surface area (Å²) in [6.07, 6.45) is 0.628. The zero-order chi connectivity index (χ0) is 19.6. The van der Waals surface area contributed by atoms with Crippen molar-refractivity contribution in [2.24, 2.45) is 0 Å². The molecule has 27 heavy (non-hydrogen) atoms. The summed E-state index contributed by atoms with van der Waals surface area (Å²) < 4.78 is 23.3. The van der Waals surface area contributed by atoms with Gasteiger partial charge in [-0.2, -0.15) is 0 Å². The molecule has 0 aliphatic heterocycles.